The third kappa shape index (κ3) is 16.4. The highest BCUT2D eigenvalue weighted by atomic mass is 16.6. The zero-order chi connectivity index (χ0) is 48.2. The first-order chi connectivity index (χ1) is 31.5. The summed E-state index contributed by atoms with van der Waals surface area (Å²) in [4.78, 5) is 74.4. The lowest BCUT2D eigenvalue weighted by Gasteiger charge is -2.15. The normalized spacial score (nSPS) is 11.5. The number of carboxylic acid groups (broad SMARTS) is 2. The van der Waals surface area contributed by atoms with Gasteiger partial charge in [-0.25, -0.2) is 19.2 Å². The number of hydrogen-bond donors (Lipinski definition) is 12. The van der Waals surface area contributed by atoms with Crippen molar-refractivity contribution in [1.82, 2.24) is 10.6 Å². The molecular formula is C42H46N8O16. The molecule has 14 N–H and O–H groups in total. The average Bonchev–Trinajstić information content (AvgIpc) is 3.27. The number of esters is 2. The van der Waals surface area contributed by atoms with Crippen molar-refractivity contribution in [2.75, 3.05) is 63.5 Å². The zero-order valence-corrected chi connectivity index (χ0v) is 34.7. The lowest BCUT2D eigenvalue weighted by Crippen LogP contribution is -2.43. The van der Waals surface area contributed by atoms with E-state index in [1.54, 1.807) is 0 Å². The largest absolute Gasteiger partial charge is 0.491 e. The van der Waals surface area contributed by atoms with Gasteiger partial charge in [-0.05, 0) is 72.8 Å². The monoisotopic (exact) mass is 918 g/mol. The quantitative estimate of drug-likeness (QED) is 0.0142. The van der Waals surface area contributed by atoms with Gasteiger partial charge < -0.3 is 81.6 Å². The predicted molar refractivity (Wildman–Crippen MR) is 231 cm³/mol. The van der Waals surface area contributed by atoms with Gasteiger partial charge in [0.15, 0.2) is 24.0 Å². The van der Waals surface area contributed by atoms with Gasteiger partial charge in [0, 0.05) is 34.6 Å². The van der Waals surface area contributed by atoms with Crippen LogP contribution in [0.1, 0.15) is 41.4 Å². The maximum Gasteiger partial charge on any atom is 0.343 e. The van der Waals surface area contributed by atoms with E-state index in [1.165, 1.54) is 84.9 Å². The summed E-state index contributed by atoms with van der Waals surface area (Å²) in [6.45, 7) is -1.69. The Hall–Kier alpha value is -8.32. The highest BCUT2D eigenvalue weighted by Gasteiger charge is 2.23. The van der Waals surface area contributed by atoms with E-state index >= 15 is 0 Å². The summed E-state index contributed by atoms with van der Waals surface area (Å²) in [7, 11) is 0. The van der Waals surface area contributed by atoms with E-state index in [-0.39, 0.29) is 96.8 Å². The number of amides is 2. The molecule has 0 spiro atoms. The third-order valence-corrected chi connectivity index (χ3v) is 8.44. The first-order valence-electron chi connectivity index (χ1n) is 19.4. The minimum atomic E-state index is -1.62. The number of aliphatic carboxylic acids is 2. The van der Waals surface area contributed by atoms with Crippen LogP contribution in [-0.4, -0.2) is 133 Å². The van der Waals surface area contributed by atoms with E-state index in [2.05, 4.69) is 21.3 Å². The summed E-state index contributed by atoms with van der Waals surface area (Å²) < 4.78 is 33.4. The molecule has 2 unspecified atom stereocenters. The van der Waals surface area contributed by atoms with Crippen molar-refractivity contribution in [2.24, 2.45) is 11.5 Å². The molecule has 2 amide bonds. The Balaban J connectivity index is 1.30. The van der Waals surface area contributed by atoms with E-state index < -0.39 is 61.0 Å². The fourth-order valence-corrected chi connectivity index (χ4v) is 5.33. The summed E-state index contributed by atoms with van der Waals surface area (Å²) >= 11 is 0. The molecule has 2 atom stereocenters. The summed E-state index contributed by atoms with van der Waals surface area (Å²) in [5, 5.41) is 61.4. The second-order valence-electron chi connectivity index (χ2n) is 13.4. The number of benzene rings is 4. The molecule has 0 aliphatic carbocycles. The Labute approximate surface area is 374 Å². The number of carbonyl (C=O) groups is 6. The highest BCUT2D eigenvalue weighted by molar-refractivity contribution is 5.99. The zero-order valence-electron chi connectivity index (χ0n) is 34.7. The fourth-order valence-electron chi connectivity index (χ4n) is 5.33. The second-order valence-corrected chi connectivity index (χ2v) is 13.4. The van der Waals surface area contributed by atoms with Crippen molar-refractivity contribution in [1.29, 1.82) is 10.8 Å². The van der Waals surface area contributed by atoms with Crippen molar-refractivity contribution >= 4 is 59.0 Å². The highest BCUT2D eigenvalue weighted by Crippen LogP contribution is 2.26. The minimum Gasteiger partial charge on any atom is -0.491 e. The Kier molecular flexibility index (Phi) is 19.1. The predicted octanol–water partition coefficient (Wildman–Crippen LogP) is 0.577. The van der Waals surface area contributed by atoms with E-state index in [1.807, 2.05) is 0 Å². The smallest absolute Gasteiger partial charge is 0.343 e. The van der Waals surface area contributed by atoms with Crippen LogP contribution in [0.3, 0.4) is 0 Å². The lowest BCUT2D eigenvalue weighted by atomic mass is 10.1. The first kappa shape index (κ1) is 50.3. The molecule has 24 heteroatoms. The molecule has 0 aromatic heterocycles. The van der Waals surface area contributed by atoms with Crippen LogP contribution in [0, 0.1) is 10.8 Å². The Bertz CT molecular complexity index is 2220. The number of ether oxygens (including phenoxy) is 6. The summed E-state index contributed by atoms with van der Waals surface area (Å²) in [6.07, 6.45) is 0. The Morgan fingerprint density at radius 2 is 0.833 bits per heavy atom. The van der Waals surface area contributed by atoms with Crippen molar-refractivity contribution in [3.63, 3.8) is 0 Å². The molecule has 0 heterocycles. The van der Waals surface area contributed by atoms with Crippen LogP contribution in [0.5, 0.6) is 23.0 Å². The van der Waals surface area contributed by atoms with Gasteiger partial charge >= 0.3 is 23.9 Å². The molecule has 0 fully saturated rings. The van der Waals surface area contributed by atoms with E-state index in [4.69, 9.17) is 50.7 Å². The summed E-state index contributed by atoms with van der Waals surface area (Å²) in [5.74, 6) is -7.20. The maximum atomic E-state index is 12.9. The molecule has 66 heavy (non-hydrogen) atoms. The number of anilines is 2. The van der Waals surface area contributed by atoms with Gasteiger partial charge in [0.05, 0.1) is 50.8 Å². The van der Waals surface area contributed by atoms with Crippen LogP contribution in [0.25, 0.3) is 0 Å². The van der Waals surface area contributed by atoms with Crippen LogP contribution in [0.15, 0.2) is 84.9 Å². The van der Waals surface area contributed by atoms with Crippen LogP contribution < -0.4 is 51.7 Å². The van der Waals surface area contributed by atoms with Crippen LogP contribution in [0.4, 0.5) is 11.4 Å². The molecule has 24 nitrogen and oxygen atoms in total. The van der Waals surface area contributed by atoms with Gasteiger partial charge in [-0.1, -0.05) is 0 Å². The van der Waals surface area contributed by atoms with Gasteiger partial charge in [0.25, 0.3) is 11.8 Å². The number of aliphatic hydroxyl groups excluding tert-OH is 2. The number of nitrogens with one attached hydrogen (secondary N) is 6. The third-order valence-electron chi connectivity index (χ3n) is 8.44. The van der Waals surface area contributed by atoms with Gasteiger partial charge in [-0.3, -0.25) is 20.4 Å². The molecule has 4 rings (SSSR count). The summed E-state index contributed by atoms with van der Waals surface area (Å²) in [5.41, 5.74) is 11.4. The van der Waals surface area contributed by atoms with Gasteiger partial charge in [0.2, 0.25) is 0 Å². The van der Waals surface area contributed by atoms with E-state index in [0.29, 0.717) is 11.4 Å². The molecule has 350 valence electrons. The molecule has 0 saturated carbocycles. The number of hydrogen-bond acceptors (Lipinski definition) is 16. The molecule has 0 aliphatic heterocycles. The Morgan fingerprint density at radius 3 is 1.15 bits per heavy atom. The number of aliphatic hydroxyl groups is 2. The van der Waals surface area contributed by atoms with Crippen molar-refractivity contribution in [3.8, 4) is 23.0 Å². The number of carboxylic acids is 2. The number of carbonyl (C=O) groups excluding carboxylic acids is 4. The van der Waals surface area contributed by atoms with Gasteiger partial charge in [0.1, 0.15) is 36.2 Å². The van der Waals surface area contributed by atoms with Crippen molar-refractivity contribution < 1.29 is 77.6 Å². The number of guanidine groups is 2. The molecule has 0 saturated heterocycles. The SMILES string of the molecule is N=C(N)Nc1ccc(C(=O)Oc2cc(OCCOCCOCCOc3cc(OC(=O)c4ccc(NC(=N)N)cc4)cc(C(=O)NC(CO)C(=O)O)c3)cc(C(=O)NC(CO)C(=O)O)c2)cc1. The standard InChI is InChI=1S/C42H46N8O16/c43-41(44)47-27-5-1-23(2-6-27)39(59)65-31-17-25(35(53)49-33(21-51)37(55)56)15-29(19-31)63-13-11-61-9-10-62-12-14-64-30-16-26(36(54)50-34(22-52)38(57)58)18-32(20-30)66-40(60)24-3-7-28(8-4-24)48-42(45)46/h1-8,15-20,33-34,51-52H,9-14,21-22H2,(H,49,53)(H,50,54)(H,55,56)(H,57,58)(H4,43,44,47)(H4,45,46,48). The van der Waals surface area contributed by atoms with Crippen LogP contribution in [-0.2, 0) is 19.1 Å². The Morgan fingerprint density at radius 1 is 0.500 bits per heavy atom. The fraction of sp³-hybridized carbons (Fsp3) is 0.238. The van der Waals surface area contributed by atoms with E-state index in [0.717, 1.165) is 0 Å². The van der Waals surface area contributed by atoms with Crippen LogP contribution in [0.2, 0.25) is 0 Å². The van der Waals surface area contributed by atoms with Crippen molar-refractivity contribution in [2.45, 2.75) is 12.1 Å². The maximum absolute atomic E-state index is 12.9. The number of rotatable bonds is 25. The molecular weight excluding hydrogens is 873 g/mol. The summed E-state index contributed by atoms with van der Waals surface area (Å²) in [6, 6.07) is 15.9. The van der Waals surface area contributed by atoms with Gasteiger partial charge in [-0.2, -0.15) is 0 Å². The van der Waals surface area contributed by atoms with E-state index in [9.17, 15) is 49.2 Å². The molecule has 4 aromatic rings. The number of nitrogens with two attached hydrogens (primary N) is 2. The van der Waals surface area contributed by atoms with Crippen molar-refractivity contribution in [3.05, 3.63) is 107 Å². The molecule has 0 radical (unpaired) electrons. The van der Waals surface area contributed by atoms with Gasteiger partial charge in [-0.15, -0.1) is 0 Å². The second kappa shape index (κ2) is 25.1. The lowest BCUT2D eigenvalue weighted by molar-refractivity contribution is -0.141. The molecule has 0 bridgehead atoms. The van der Waals surface area contributed by atoms with Crippen LogP contribution >= 0.6 is 0 Å². The topological polar surface area (TPSA) is 387 Å². The average molecular weight is 919 g/mol. The first-order valence-corrected chi connectivity index (χ1v) is 19.4. The molecule has 0 aliphatic rings. The molecule has 4 aromatic carbocycles. The minimum absolute atomic E-state index is 0.0203.